The van der Waals surface area contributed by atoms with Crippen molar-refractivity contribution in [1.29, 1.82) is 0 Å². The topological polar surface area (TPSA) is 118 Å². The molecule has 0 spiro atoms. The molecule has 0 radical (unpaired) electrons. The number of primary amides is 1. The van der Waals surface area contributed by atoms with Gasteiger partial charge in [-0.25, -0.2) is 19.7 Å². The number of H-pyrrole nitrogens is 1. The van der Waals surface area contributed by atoms with Crippen molar-refractivity contribution >= 4 is 28.8 Å². The van der Waals surface area contributed by atoms with E-state index in [0.29, 0.717) is 22.1 Å². The van der Waals surface area contributed by atoms with Crippen LogP contribution in [0.25, 0.3) is 16.6 Å². The monoisotopic (exact) mass is 270 g/mol. The van der Waals surface area contributed by atoms with E-state index >= 15 is 0 Å². The molecule has 0 saturated heterocycles. The van der Waals surface area contributed by atoms with Crippen LogP contribution in [0, 0.1) is 0 Å². The first-order valence-corrected chi connectivity index (χ1v) is 5.74. The molecule has 0 fully saturated rings. The first kappa shape index (κ1) is 11.9. The smallest absolute Gasteiger partial charge is 0.332 e. The largest absolute Gasteiger partial charge is 0.350 e. The molecule has 0 aliphatic rings. The summed E-state index contributed by atoms with van der Waals surface area (Å²) in [4.78, 5) is 27.2. The van der Waals surface area contributed by atoms with Gasteiger partial charge in [-0.2, -0.15) is 5.10 Å². The van der Waals surface area contributed by atoms with Crippen LogP contribution in [-0.2, 0) is 0 Å². The number of carbonyl (C=O) groups is 1. The van der Waals surface area contributed by atoms with Crippen molar-refractivity contribution in [2.75, 3.05) is 0 Å². The Labute approximate surface area is 111 Å². The number of carbonyl (C=O) groups excluding carboxylic acids is 1. The molecule has 3 aromatic rings. The molecule has 1 aromatic carbocycles. The van der Waals surface area contributed by atoms with Gasteiger partial charge in [0.15, 0.2) is 5.65 Å². The molecule has 2 amide bonds. The molecule has 0 aliphatic heterocycles. The molecule has 8 nitrogen and oxygen atoms in total. The Bertz CT molecular complexity index is 892. The van der Waals surface area contributed by atoms with Crippen LogP contribution >= 0.6 is 0 Å². The third-order valence-corrected chi connectivity index (χ3v) is 2.76. The fourth-order valence-electron chi connectivity index (χ4n) is 1.91. The highest BCUT2D eigenvalue weighted by Gasteiger charge is 2.09. The molecular weight excluding hydrogens is 260 g/mol. The van der Waals surface area contributed by atoms with Crippen molar-refractivity contribution in [2.45, 2.75) is 0 Å². The minimum Gasteiger partial charge on any atom is -0.350 e. The minimum atomic E-state index is -0.767. The Kier molecular flexibility index (Phi) is 2.68. The second-order valence-electron chi connectivity index (χ2n) is 4.06. The van der Waals surface area contributed by atoms with Crippen LogP contribution < -0.4 is 16.7 Å². The molecule has 100 valence electrons. The second-order valence-corrected chi connectivity index (χ2v) is 4.06. The summed E-state index contributed by atoms with van der Waals surface area (Å²) in [6, 6.07) is 6.28. The molecule has 0 aliphatic carbocycles. The highest BCUT2D eigenvalue weighted by atomic mass is 16.2. The number of rotatable bonds is 2. The van der Waals surface area contributed by atoms with Crippen LogP contribution in [-0.4, -0.2) is 26.8 Å². The Morgan fingerprint density at radius 2 is 2.25 bits per heavy atom. The average Bonchev–Trinajstić information content (AvgIpc) is 2.82. The number of nitrogens with two attached hydrogens (primary N) is 1. The number of hydrogen-bond donors (Lipinski definition) is 3. The number of amides is 2. The lowest BCUT2D eigenvalue weighted by atomic mass is 10.2. The predicted molar refractivity (Wildman–Crippen MR) is 73.6 cm³/mol. The van der Waals surface area contributed by atoms with Crippen molar-refractivity contribution in [1.82, 2.24) is 20.0 Å². The Balaban J connectivity index is 2.19. The molecule has 2 heterocycles. The van der Waals surface area contributed by atoms with E-state index in [-0.39, 0.29) is 5.56 Å². The van der Waals surface area contributed by atoms with Gasteiger partial charge in [0.05, 0.1) is 22.7 Å². The maximum Gasteiger partial charge on any atom is 0.332 e. The van der Waals surface area contributed by atoms with Crippen molar-refractivity contribution in [3.8, 4) is 0 Å². The fourth-order valence-corrected chi connectivity index (χ4v) is 1.91. The SMILES string of the molecule is NC(=O)N/N=C/c1c[nH]n2c(=O)c3ccccc3nc12. The normalized spacial score (nSPS) is 11.4. The van der Waals surface area contributed by atoms with Gasteiger partial charge in [-0.1, -0.05) is 12.1 Å². The zero-order chi connectivity index (χ0) is 14.1. The quantitative estimate of drug-likeness (QED) is 0.455. The van der Waals surface area contributed by atoms with E-state index in [1.807, 2.05) is 0 Å². The summed E-state index contributed by atoms with van der Waals surface area (Å²) in [5, 5.41) is 6.96. The summed E-state index contributed by atoms with van der Waals surface area (Å²) in [5.74, 6) is 0. The number of aromatic amines is 1. The maximum absolute atomic E-state index is 12.2. The molecule has 2 aromatic heterocycles. The van der Waals surface area contributed by atoms with Gasteiger partial charge in [-0.05, 0) is 12.1 Å². The summed E-state index contributed by atoms with van der Waals surface area (Å²) in [5.41, 5.74) is 8.35. The van der Waals surface area contributed by atoms with Crippen LogP contribution in [0.1, 0.15) is 5.56 Å². The summed E-state index contributed by atoms with van der Waals surface area (Å²) in [6.07, 6.45) is 2.92. The zero-order valence-electron chi connectivity index (χ0n) is 10.2. The number of hydrazone groups is 1. The number of nitrogens with one attached hydrogen (secondary N) is 2. The van der Waals surface area contributed by atoms with E-state index < -0.39 is 6.03 Å². The van der Waals surface area contributed by atoms with Crippen LogP contribution in [0.15, 0.2) is 40.4 Å². The van der Waals surface area contributed by atoms with Crippen LogP contribution in [0.2, 0.25) is 0 Å². The highest BCUT2D eigenvalue weighted by molar-refractivity contribution is 5.90. The maximum atomic E-state index is 12.2. The number of hydrogen-bond acceptors (Lipinski definition) is 4. The van der Waals surface area contributed by atoms with Gasteiger partial charge in [0.25, 0.3) is 5.56 Å². The number of para-hydroxylation sites is 1. The Morgan fingerprint density at radius 1 is 1.45 bits per heavy atom. The summed E-state index contributed by atoms with van der Waals surface area (Å²) in [7, 11) is 0. The van der Waals surface area contributed by atoms with Crippen molar-refractivity contribution in [3.05, 3.63) is 46.4 Å². The van der Waals surface area contributed by atoms with Gasteiger partial charge in [0.1, 0.15) is 0 Å². The van der Waals surface area contributed by atoms with Gasteiger partial charge in [0.2, 0.25) is 0 Å². The van der Waals surface area contributed by atoms with Crippen LogP contribution in [0.4, 0.5) is 4.79 Å². The minimum absolute atomic E-state index is 0.201. The number of aromatic nitrogens is 3. The van der Waals surface area contributed by atoms with E-state index in [9.17, 15) is 9.59 Å². The fraction of sp³-hybridized carbons (Fsp3) is 0. The first-order chi connectivity index (χ1) is 9.66. The second kappa shape index (κ2) is 4.50. The molecule has 0 atom stereocenters. The molecule has 0 saturated carbocycles. The molecule has 0 bridgehead atoms. The number of nitrogens with zero attached hydrogens (tertiary/aromatic N) is 3. The Hall–Kier alpha value is -3.16. The van der Waals surface area contributed by atoms with Gasteiger partial charge >= 0.3 is 6.03 Å². The summed E-state index contributed by atoms with van der Waals surface area (Å²) in [6.45, 7) is 0. The third kappa shape index (κ3) is 1.88. The molecule has 4 N–H and O–H groups in total. The summed E-state index contributed by atoms with van der Waals surface area (Å²) >= 11 is 0. The van der Waals surface area contributed by atoms with Crippen molar-refractivity contribution in [3.63, 3.8) is 0 Å². The Morgan fingerprint density at radius 3 is 3.05 bits per heavy atom. The molecule has 0 unspecified atom stereocenters. The average molecular weight is 270 g/mol. The van der Waals surface area contributed by atoms with Crippen LogP contribution in [0.5, 0.6) is 0 Å². The zero-order valence-corrected chi connectivity index (χ0v) is 10.2. The van der Waals surface area contributed by atoms with Gasteiger partial charge in [-0.3, -0.25) is 9.89 Å². The van der Waals surface area contributed by atoms with Crippen molar-refractivity contribution < 1.29 is 4.79 Å². The van der Waals surface area contributed by atoms with Gasteiger partial charge in [-0.15, -0.1) is 0 Å². The highest BCUT2D eigenvalue weighted by Crippen LogP contribution is 2.10. The molecule has 20 heavy (non-hydrogen) atoms. The van der Waals surface area contributed by atoms with E-state index in [2.05, 4.69) is 20.6 Å². The molecule has 8 heteroatoms. The lowest BCUT2D eigenvalue weighted by molar-refractivity contribution is 0.249. The first-order valence-electron chi connectivity index (χ1n) is 5.74. The molecule has 3 rings (SSSR count). The van der Waals surface area contributed by atoms with E-state index in [0.717, 1.165) is 0 Å². The van der Waals surface area contributed by atoms with E-state index in [1.165, 1.54) is 10.7 Å². The standard InChI is InChI=1S/C12H10N6O2/c13-12(20)17-14-5-7-6-15-18-10(7)16-9-4-2-1-3-8(9)11(18)19/h1-6,15H,(H3,13,17,20)/b14-5+. The lowest BCUT2D eigenvalue weighted by Gasteiger charge is -1.98. The number of fused-ring (bicyclic) bond motifs is 2. The predicted octanol–water partition coefficient (Wildman–Crippen LogP) is 0.178. The number of benzene rings is 1. The van der Waals surface area contributed by atoms with Gasteiger partial charge in [0, 0.05) is 6.20 Å². The molecular formula is C12H10N6O2. The van der Waals surface area contributed by atoms with E-state index in [1.54, 1.807) is 30.5 Å². The summed E-state index contributed by atoms with van der Waals surface area (Å²) < 4.78 is 1.31. The number of urea groups is 1. The third-order valence-electron chi connectivity index (χ3n) is 2.76. The van der Waals surface area contributed by atoms with E-state index in [4.69, 9.17) is 5.73 Å². The van der Waals surface area contributed by atoms with Gasteiger partial charge < -0.3 is 5.73 Å². The van der Waals surface area contributed by atoms with Crippen LogP contribution in [0.3, 0.4) is 0 Å². The lowest BCUT2D eigenvalue weighted by Crippen LogP contribution is -2.24. The van der Waals surface area contributed by atoms with Crippen molar-refractivity contribution in [2.24, 2.45) is 10.8 Å².